The van der Waals surface area contributed by atoms with Gasteiger partial charge in [0.1, 0.15) is 12.4 Å². The van der Waals surface area contributed by atoms with Crippen molar-refractivity contribution >= 4 is 33.0 Å². The highest BCUT2D eigenvalue weighted by molar-refractivity contribution is 7.91. The monoisotopic (exact) mass is 406 g/mol. The molecule has 0 aliphatic rings. The van der Waals surface area contributed by atoms with Gasteiger partial charge in [-0.3, -0.25) is 0 Å². The number of aliphatic hydroxyl groups is 2. The van der Waals surface area contributed by atoms with Crippen LogP contribution in [-0.4, -0.2) is 34.3 Å². The molecule has 6 nitrogen and oxygen atoms in total. The van der Waals surface area contributed by atoms with Crippen LogP contribution >= 0.6 is 23.2 Å². The van der Waals surface area contributed by atoms with E-state index in [1.807, 2.05) is 0 Å². The Morgan fingerprint density at radius 2 is 1.72 bits per heavy atom. The van der Waals surface area contributed by atoms with Crippen molar-refractivity contribution in [2.45, 2.75) is 55.9 Å². The minimum atomic E-state index is -4.02. The molecule has 0 saturated carbocycles. The van der Waals surface area contributed by atoms with E-state index >= 15 is 0 Å². The fraction of sp³-hybridized carbons (Fsp3) is 0.438. The summed E-state index contributed by atoms with van der Waals surface area (Å²) in [5, 5.41) is 19.7. The highest BCUT2D eigenvalue weighted by atomic mass is 35.5. The SMILES string of the molecule is CC(O)Cn1c(CO)nc(C(C)C)c1S(=O)(=O)c1cc(Cl)cc(Cl)c1. The first kappa shape index (κ1) is 20.2. The number of aliphatic hydroxyl groups excluding tert-OH is 2. The van der Waals surface area contributed by atoms with Crippen molar-refractivity contribution in [2.75, 3.05) is 0 Å². The number of hydrogen-bond acceptors (Lipinski definition) is 5. The lowest BCUT2D eigenvalue weighted by Gasteiger charge is -2.15. The highest BCUT2D eigenvalue weighted by Gasteiger charge is 2.31. The smallest absolute Gasteiger partial charge is 0.224 e. The van der Waals surface area contributed by atoms with Crippen LogP contribution in [0.4, 0.5) is 0 Å². The Balaban J connectivity index is 2.80. The molecule has 1 unspecified atom stereocenters. The van der Waals surface area contributed by atoms with Crippen LogP contribution < -0.4 is 0 Å². The molecule has 1 aromatic heterocycles. The molecule has 0 spiro atoms. The first-order valence-electron chi connectivity index (χ1n) is 7.67. The predicted molar refractivity (Wildman–Crippen MR) is 95.8 cm³/mol. The average Bonchev–Trinajstić information content (AvgIpc) is 2.84. The Labute approximate surface area is 157 Å². The number of aromatic nitrogens is 2. The number of hydrogen-bond donors (Lipinski definition) is 2. The number of halogens is 2. The first-order chi connectivity index (χ1) is 11.6. The molecule has 0 amide bonds. The van der Waals surface area contributed by atoms with Gasteiger partial charge in [-0.1, -0.05) is 37.0 Å². The normalized spacial score (nSPS) is 13.4. The van der Waals surface area contributed by atoms with E-state index in [9.17, 15) is 18.6 Å². The zero-order chi connectivity index (χ0) is 18.9. The van der Waals surface area contributed by atoms with Gasteiger partial charge >= 0.3 is 0 Å². The molecule has 9 heteroatoms. The van der Waals surface area contributed by atoms with Gasteiger partial charge in [0, 0.05) is 10.0 Å². The van der Waals surface area contributed by atoms with E-state index in [1.54, 1.807) is 13.8 Å². The third-order valence-corrected chi connectivity index (χ3v) is 5.79. The summed E-state index contributed by atoms with van der Waals surface area (Å²) in [6.45, 7) is 4.68. The van der Waals surface area contributed by atoms with Gasteiger partial charge in [0.15, 0.2) is 5.03 Å². The molecule has 25 heavy (non-hydrogen) atoms. The zero-order valence-electron chi connectivity index (χ0n) is 14.1. The fourth-order valence-electron chi connectivity index (χ4n) is 2.53. The maximum Gasteiger partial charge on any atom is 0.224 e. The van der Waals surface area contributed by atoms with E-state index < -0.39 is 22.5 Å². The zero-order valence-corrected chi connectivity index (χ0v) is 16.4. The molecule has 0 saturated heterocycles. The maximum absolute atomic E-state index is 13.3. The second kappa shape index (κ2) is 7.63. The van der Waals surface area contributed by atoms with Crippen molar-refractivity contribution in [3.05, 3.63) is 39.8 Å². The Hall–Kier alpha value is -1.12. The van der Waals surface area contributed by atoms with Crippen molar-refractivity contribution in [3.63, 3.8) is 0 Å². The minimum absolute atomic E-state index is 0.0154. The number of imidazole rings is 1. The van der Waals surface area contributed by atoms with Gasteiger partial charge in [-0.2, -0.15) is 0 Å². The summed E-state index contributed by atoms with van der Waals surface area (Å²) in [5.41, 5.74) is 0.320. The summed E-state index contributed by atoms with van der Waals surface area (Å²) in [7, 11) is -4.02. The van der Waals surface area contributed by atoms with Gasteiger partial charge < -0.3 is 14.8 Å². The first-order valence-corrected chi connectivity index (χ1v) is 9.91. The quantitative estimate of drug-likeness (QED) is 0.768. The Bertz CT molecular complexity index is 856. The van der Waals surface area contributed by atoms with E-state index in [-0.39, 0.29) is 38.3 Å². The predicted octanol–water partition coefficient (Wildman–Crippen LogP) is 3.02. The van der Waals surface area contributed by atoms with Gasteiger partial charge in [-0.05, 0) is 31.0 Å². The third kappa shape index (κ3) is 4.17. The summed E-state index contributed by atoms with van der Waals surface area (Å²) in [6, 6.07) is 4.06. The lowest BCUT2D eigenvalue weighted by molar-refractivity contribution is 0.164. The molecule has 0 aliphatic heterocycles. The lowest BCUT2D eigenvalue weighted by Crippen LogP contribution is -2.20. The largest absolute Gasteiger partial charge is 0.392 e. The minimum Gasteiger partial charge on any atom is -0.392 e. The second-order valence-electron chi connectivity index (χ2n) is 6.10. The van der Waals surface area contributed by atoms with E-state index in [1.165, 1.54) is 29.7 Å². The van der Waals surface area contributed by atoms with E-state index in [4.69, 9.17) is 23.2 Å². The highest BCUT2D eigenvalue weighted by Crippen LogP contribution is 2.32. The third-order valence-electron chi connectivity index (χ3n) is 3.56. The molecule has 1 atom stereocenters. The van der Waals surface area contributed by atoms with Crippen LogP contribution in [0.2, 0.25) is 10.0 Å². The molecule has 2 N–H and O–H groups in total. The molecule has 0 bridgehead atoms. The summed E-state index contributed by atoms with van der Waals surface area (Å²) >= 11 is 11.9. The topological polar surface area (TPSA) is 92.4 Å². The Kier molecular flexibility index (Phi) is 6.17. The molecule has 1 heterocycles. The summed E-state index contributed by atoms with van der Waals surface area (Å²) in [4.78, 5) is 4.21. The van der Waals surface area contributed by atoms with E-state index in [2.05, 4.69) is 4.98 Å². The van der Waals surface area contributed by atoms with Crippen LogP contribution in [0.15, 0.2) is 28.1 Å². The molecule has 2 aromatic rings. The summed E-state index contributed by atoms with van der Waals surface area (Å²) in [6.07, 6.45) is -0.823. The summed E-state index contributed by atoms with van der Waals surface area (Å²) < 4.78 is 27.8. The fourth-order valence-corrected chi connectivity index (χ4v) is 5.00. The Morgan fingerprint density at radius 1 is 1.16 bits per heavy atom. The van der Waals surface area contributed by atoms with Gasteiger partial charge in [0.25, 0.3) is 0 Å². The molecule has 0 fully saturated rings. The number of nitrogens with zero attached hydrogens (tertiary/aromatic N) is 2. The van der Waals surface area contributed by atoms with Crippen molar-refractivity contribution in [1.29, 1.82) is 0 Å². The van der Waals surface area contributed by atoms with Crippen molar-refractivity contribution < 1.29 is 18.6 Å². The average molecular weight is 407 g/mol. The van der Waals surface area contributed by atoms with Crippen LogP contribution in [-0.2, 0) is 23.0 Å². The van der Waals surface area contributed by atoms with Crippen molar-refractivity contribution in [1.82, 2.24) is 9.55 Å². The molecule has 138 valence electrons. The second-order valence-corrected chi connectivity index (χ2v) is 8.84. The van der Waals surface area contributed by atoms with Crippen LogP contribution in [0.1, 0.15) is 38.2 Å². The maximum atomic E-state index is 13.3. The molecule has 1 aromatic carbocycles. The lowest BCUT2D eigenvalue weighted by atomic mass is 10.1. The van der Waals surface area contributed by atoms with E-state index in [0.717, 1.165) is 0 Å². The van der Waals surface area contributed by atoms with Gasteiger partial charge in [0.05, 0.1) is 23.2 Å². The van der Waals surface area contributed by atoms with Gasteiger partial charge in [-0.15, -0.1) is 0 Å². The molecule has 0 aliphatic carbocycles. The van der Waals surface area contributed by atoms with E-state index in [0.29, 0.717) is 5.69 Å². The van der Waals surface area contributed by atoms with Gasteiger partial charge in [0.2, 0.25) is 9.84 Å². The van der Waals surface area contributed by atoms with Crippen molar-refractivity contribution in [2.24, 2.45) is 0 Å². The molecule has 2 rings (SSSR count). The number of sulfone groups is 1. The van der Waals surface area contributed by atoms with Crippen LogP contribution in [0.25, 0.3) is 0 Å². The molecular formula is C16H20Cl2N2O4S. The number of benzene rings is 1. The van der Waals surface area contributed by atoms with Crippen LogP contribution in [0.5, 0.6) is 0 Å². The molecule has 0 radical (unpaired) electrons. The van der Waals surface area contributed by atoms with Gasteiger partial charge in [-0.25, -0.2) is 13.4 Å². The standard InChI is InChI=1S/C16H20Cl2N2O4S/c1-9(2)15-16(20(7-10(3)22)14(8-21)19-15)25(23,24)13-5-11(17)4-12(18)6-13/h4-6,9-10,21-22H,7-8H2,1-3H3. The molecular weight excluding hydrogens is 387 g/mol. The summed E-state index contributed by atoms with van der Waals surface area (Å²) in [5.74, 6) is -0.0312. The number of rotatable bonds is 6. The van der Waals surface area contributed by atoms with Crippen molar-refractivity contribution in [3.8, 4) is 0 Å². The Morgan fingerprint density at radius 3 is 2.16 bits per heavy atom. The van der Waals surface area contributed by atoms with Crippen LogP contribution in [0.3, 0.4) is 0 Å². The van der Waals surface area contributed by atoms with Crippen LogP contribution in [0, 0.1) is 0 Å².